The maximum atomic E-state index is 10.3. The van der Waals surface area contributed by atoms with Crippen LogP contribution in [0.2, 0.25) is 5.02 Å². The van der Waals surface area contributed by atoms with Gasteiger partial charge < -0.3 is 5.11 Å². The molecule has 0 bridgehead atoms. The van der Waals surface area contributed by atoms with Crippen LogP contribution in [0.15, 0.2) is 46.9 Å². The van der Waals surface area contributed by atoms with Gasteiger partial charge in [-0.05, 0) is 50.2 Å². The van der Waals surface area contributed by atoms with Crippen LogP contribution in [0.1, 0.15) is 43.6 Å². The van der Waals surface area contributed by atoms with Crippen LogP contribution in [-0.2, 0) is 11.8 Å². The van der Waals surface area contributed by atoms with Crippen molar-refractivity contribution in [2.45, 2.75) is 38.7 Å². The van der Waals surface area contributed by atoms with Gasteiger partial charge in [-0.3, -0.25) is 0 Å². The molecule has 2 aromatic rings. The minimum atomic E-state index is -0.545. The van der Waals surface area contributed by atoms with Crippen molar-refractivity contribution in [3.8, 4) is 0 Å². The van der Waals surface area contributed by atoms with Crippen LogP contribution in [0.3, 0.4) is 0 Å². The van der Waals surface area contributed by atoms with E-state index < -0.39 is 6.10 Å². The van der Waals surface area contributed by atoms with E-state index in [1.807, 2.05) is 12.1 Å². The Labute approximate surface area is 140 Å². The Morgan fingerprint density at radius 3 is 2.24 bits per heavy atom. The molecular weight excluding hydrogens is 348 g/mol. The molecule has 0 heterocycles. The third kappa shape index (κ3) is 4.32. The van der Waals surface area contributed by atoms with Crippen molar-refractivity contribution in [1.29, 1.82) is 0 Å². The van der Waals surface area contributed by atoms with E-state index in [0.29, 0.717) is 11.4 Å². The Morgan fingerprint density at radius 1 is 1.10 bits per heavy atom. The van der Waals surface area contributed by atoms with Gasteiger partial charge in [0.15, 0.2) is 0 Å². The lowest BCUT2D eigenvalue weighted by Gasteiger charge is -2.19. The third-order valence-corrected chi connectivity index (χ3v) is 4.81. The number of halogens is 2. The third-order valence-electron chi connectivity index (χ3n) is 3.58. The topological polar surface area (TPSA) is 20.2 Å². The average Bonchev–Trinajstić information content (AvgIpc) is 2.41. The SMILES string of the molecule is CC(C)(C)c1ccc(CC(O)c2ccc(Br)c(Cl)c2)cc1. The summed E-state index contributed by atoms with van der Waals surface area (Å²) in [5, 5.41) is 11.0. The lowest BCUT2D eigenvalue weighted by molar-refractivity contribution is 0.178. The van der Waals surface area contributed by atoms with Gasteiger partial charge in [0.25, 0.3) is 0 Å². The number of rotatable bonds is 3. The number of aliphatic hydroxyl groups excluding tert-OH is 1. The summed E-state index contributed by atoms with van der Waals surface area (Å²) in [6.45, 7) is 6.59. The highest BCUT2D eigenvalue weighted by molar-refractivity contribution is 9.10. The van der Waals surface area contributed by atoms with Gasteiger partial charge in [-0.25, -0.2) is 0 Å². The van der Waals surface area contributed by atoms with E-state index in [4.69, 9.17) is 11.6 Å². The number of hydrogen-bond donors (Lipinski definition) is 1. The quantitative estimate of drug-likeness (QED) is 0.740. The minimum absolute atomic E-state index is 0.149. The standard InChI is InChI=1S/C18H20BrClO/c1-18(2,3)14-7-4-12(5-8-14)10-17(21)13-6-9-15(19)16(20)11-13/h4-9,11,17,21H,10H2,1-3H3. The molecule has 0 radical (unpaired) electrons. The molecule has 0 spiro atoms. The molecule has 2 aromatic carbocycles. The summed E-state index contributed by atoms with van der Waals surface area (Å²) < 4.78 is 0.842. The van der Waals surface area contributed by atoms with E-state index in [1.54, 1.807) is 6.07 Å². The fraction of sp³-hybridized carbons (Fsp3) is 0.333. The van der Waals surface area contributed by atoms with Gasteiger partial charge in [-0.1, -0.05) is 62.7 Å². The van der Waals surface area contributed by atoms with Crippen molar-refractivity contribution in [2.24, 2.45) is 0 Å². The monoisotopic (exact) mass is 366 g/mol. The van der Waals surface area contributed by atoms with E-state index in [9.17, 15) is 5.11 Å². The highest BCUT2D eigenvalue weighted by Crippen LogP contribution is 2.28. The first-order valence-corrected chi connectivity index (χ1v) is 8.17. The Balaban J connectivity index is 2.12. The lowest BCUT2D eigenvalue weighted by atomic mass is 9.86. The Morgan fingerprint density at radius 2 is 1.71 bits per heavy atom. The van der Waals surface area contributed by atoms with Crippen molar-refractivity contribution in [1.82, 2.24) is 0 Å². The predicted octanol–water partition coefficient (Wildman–Crippen LogP) is 5.68. The second-order valence-electron chi connectivity index (χ2n) is 6.34. The fourth-order valence-corrected chi connectivity index (χ4v) is 2.64. The van der Waals surface area contributed by atoms with Gasteiger partial charge in [-0.15, -0.1) is 0 Å². The summed E-state index contributed by atoms with van der Waals surface area (Å²) in [5.41, 5.74) is 3.40. The number of aliphatic hydroxyl groups is 1. The van der Waals surface area contributed by atoms with E-state index in [1.165, 1.54) is 5.56 Å². The molecule has 112 valence electrons. The molecule has 21 heavy (non-hydrogen) atoms. The first kappa shape index (κ1) is 16.5. The van der Waals surface area contributed by atoms with Crippen molar-refractivity contribution in [3.63, 3.8) is 0 Å². The summed E-state index contributed by atoms with van der Waals surface area (Å²) >= 11 is 9.43. The maximum Gasteiger partial charge on any atom is 0.0830 e. The van der Waals surface area contributed by atoms with Crippen LogP contribution in [0.5, 0.6) is 0 Å². The van der Waals surface area contributed by atoms with Crippen molar-refractivity contribution in [2.75, 3.05) is 0 Å². The normalized spacial score (nSPS) is 13.2. The van der Waals surface area contributed by atoms with Crippen LogP contribution in [-0.4, -0.2) is 5.11 Å². The molecule has 1 unspecified atom stereocenters. The van der Waals surface area contributed by atoms with Crippen LogP contribution in [0, 0.1) is 0 Å². The summed E-state index contributed by atoms with van der Waals surface area (Å²) in [5.74, 6) is 0. The van der Waals surface area contributed by atoms with E-state index in [2.05, 4.69) is 61.0 Å². The Bertz CT molecular complexity index is 614. The number of hydrogen-bond acceptors (Lipinski definition) is 1. The van der Waals surface area contributed by atoms with Gasteiger partial charge in [-0.2, -0.15) is 0 Å². The molecule has 1 nitrogen and oxygen atoms in total. The molecular formula is C18H20BrClO. The zero-order valence-corrected chi connectivity index (χ0v) is 14.9. The van der Waals surface area contributed by atoms with Gasteiger partial charge in [0.05, 0.1) is 11.1 Å². The van der Waals surface area contributed by atoms with Gasteiger partial charge in [0.2, 0.25) is 0 Å². The predicted molar refractivity (Wildman–Crippen MR) is 93.0 cm³/mol. The first-order chi connectivity index (χ1) is 9.77. The van der Waals surface area contributed by atoms with Gasteiger partial charge >= 0.3 is 0 Å². The Kier molecular flexibility index (Phi) is 5.13. The molecule has 0 aliphatic rings. The molecule has 0 aliphatic carbocycles. The molecule has 0 saturated carbocycles. The summed E-state index contributed by atoms with van der Waals surface area (Å²) in [7, 11) is 0. The molecule has 1 atom stereocenters. The van der Waals surface area contributed by atoms with Crippen molar-refractivity contribution in [3.05, 3.63) is 68.7 Å². The Hall–Kier alpha value is -0.830. The smallest absolute Gasteiger partial charge is 0.0830 e. The molecule has 0 amide bonds. The van der Waals surface area contributed by atoms with E-state index in [0.717, 1.165) is 15.6 Å². The summed E-state index contributed by atoms with van der Waals surface area (Å²) in [6.07, 6.45) is 0.0404. The molecule has 3 heteroatoms. The van der Waals surface area contributed by atoms with E-state index in [-0.39, 0.29) is 5.41 Å². The second kappa shape index (κ2) is 6.51. The van der Waals surface area contributed by atoms with Crippen LogP contribution >= 0.6 is 27.5 Å². The lowest BCUT2D eigenvalue weighted by Crippen LogP contribution is -2.11. The fourth-order valence-electron chi connectivity index (χ4n) is 2.20. The highest BCUT2D eigenvalue weighted by Gasteiger charge is 2.14. The molecule has 0 fully saturated rings. The van der Waals surface area contributed by atoms with Crippen LogP contribution in [0.4, 0.5) is 0 Å². The van der Waals surface area contributed by atoms with Crippen LogP contribution in [0.25, 0.3) is 0 Å². The molecule has 0 aromatic heterocycles. The van der Waals surface area contributed by atoms with Crippen molar-refractivity contribution >= 4 is 27.5 Å². The first-order valence-electron chi connectivity index (χ1n) is 7.00. The number of benzene rings is 2. The maximum absolute atomic E-state index is 10.3. The van der Waals surface area contributed by atoms with E-state index >= 15 is 0 Å². The van der Waals surface area contributed by atoms with Crippen molar-refractivity contribution < 1.29 is 5.11 Å². The molecule has 0 aliphatic heterocycles. The molecule has 1 N–H and O–H groups in total. The van der Waals surface area contributed by atoms with Crippen LogP contribution < -0.4 is 0 Å². The summed E-state index contributed by atoms with van der Waals surface area (Å²) in [4.78, 5) is 0. The summed E-state index contributed by atoms with van der Waals surface area (Å²) in [6, 6.07) is 14.0. The highest BCUT2D eigenvalue weighted by atomic mass is 79.9. The minimum Gasteiger partial charge on any atom is -0.388 e. The average molecular weight is 368 g/mol. The molecule has 0 saturated heterocycles. The zero-order valence-electron chi connectivity index (χ0n) is 12.5. The second-order valence-corrected chi connectivity index (χ2v) is 7.60. The zero-order chi connectivity index (χ0) is 15.6. The molecule has 2 rings (SSSR count). The van der Waals surface area contributed by atoms with Gasteiger partial charge in [0.1, 0.15) is 0 Å². The largest absolute Gasteiger partial charge is 0.388 e. The van der Waals surface area contributed by atoms with Gasteiger partial charge in [0, 0.05) is 10.9 Å².